The standard InChI is InChI=1S/C28H28F6N2O4/c1-17(19-13-20(27(29,30)31)15-21(14-19)28(32,33)34)40-23-9-11-35(16-22(23)18-5-3-2-4-6-18)24(37)10-12-36-25(38)7-8-26(36)39/h2-6,13-15,17,22-23H,7-12,16H2,1H3/t17-,22+,23+/m1/s1. The Morgan fingerprint density at radius 2 is 1.52 bits per heavy atom. The second-order valence-electron chi connectivity index (χ2n) is 9.99. The van der Waals surface area contributed by atoms with Crippen LogP contribution in [0.15, 0.2) is 48.5 Å². The van der Waals surface area contributed by atoms with Crippen LogP contribution in [0, 0.1) is 0 Å². The number of carbonyl (C=O) groups excluding carboxylic acids is 3. The molecule has 2 aliphatic heterocycles. The SMILES string of the molecule is C[C@@H](O[C@H]1CCN(C(=O)CCN2C(=O)CCC2=O)C[C@H]1c1ccccc1)c1cc(C(F)(F)F)cc(C(F)(F)F)c1. The number of hydrogen-bond donors (Lipinski definition) is 0. The van der Waals surface area contributed by atoms with Gasteiger partial charge in [-0.3, -0.25) is 19.3 Å². The van der Waals surface area contributed by atoms with Crippen LogP contribution in [0.3, 0.4) is 0 Å². The first-order valence-electron chi connectivity index (χ1n) is 12.8. The van der Waals surface area contributed by atoms with Crippen LogP contribution in [0.1, 0.15) is 66.9 Å². The van der Waals surface area contributed by atoms with Gasteiger partial charge in [0.05, 0.1) is 23.3 Å². The van der Waals surface area contributed by atoms with Crippen LogP contribution >= 0.6 is 0 Å². The molecule has 0 aromatic heterocycles. The summed E-state index contributed by atoms with van der Waals surface area (Å²) in [6, 6.07) is 10.4. The Morgan fingerprint density at radius 3 is 2.08 bits per heavy atom. The Balaban J connectivity index is 1.52. The number of piperidine rings is 1. The zero-order valence-corrected chi connectivity index (χ0v) is 21.6. The van der Waals surface area contributed by atoms with E-state index < -0.39 is 41.6 Å². The van der Waals surface area contributed by atoms with Gasteiger partial charge >= 0.3 is 12.4 Å². The predicted molar refractivity (Wildman–Crippen MR) is 131 cm³/mol. The normalized spacial score (nSPS) is 21.2. The minimum absolute atomic E-state index is 0.0168. The highest BCUT2D eigenvalue weighted by molar-refractivity contribution is 6.02. The lowest BCUT2D eigenvalue weighted by Gasteiger charge is -2.40. The molecular weight excluding hydrogens is 542 g/mol. The topological polar surface area (TPSA) is 66.9 Å². The van der Waals surface area contributed by atoms with E-state index in [4.69, 9.17) is 4.74 Å². The van der Waals surface area contributed by atoms with Gasteiger partial charge in [0.1, 0.15) is 0 Å². The monoisotopic (exact) mass is 570 g/mol. The minimum atomic E-state index is -4.97. The van der Waals surface area contributed by atoms with E-state index in [9.17, 15) is 40.7 Å². The van der Waals surface area contributed by atoms with Gasteiger partial charge in [0.2, 0.25) is 17.7 Å². The maximum absolute atomic E-state index is 13.4. The predicted octanol–water partition coefficient (Wildman–Crippen LogP) is 5.73. The largest absolute Gasteiger partial charge is 0.416 e. The van der Waals surface area contributed by atoms with Crippen molar-refractivity contribution in [2.75, 3.05) is 19.6 Å². The summed E-state index contributed by atoms with van der Waals surface area (Å²) in [6.45, 7) is 1.81. The van der Waals surface area contributed by atoms with E-state index in [0.29, 0.717) is 12.1 Å². The van der Waals surface area contributed by atoms with Crippen molar-refractivity contribution in [1.82, 2.24) is 9.80 Å². The molecule has 0 aliphatic carbocycles. The van der Waals surface area contributed by atoms with E-state index in [0.717, 1.165) is 10.5 Å². The number of benzene rings is 2. The molecule has 0 unspecified atom stereocenters. The molecule has 2 heterocycles. The molecular formula is C28H28F6N2O4. The molecule has 4 rings (SSSR count). The second kappa shape index (κ2) is 11.6. The molecule has 3 amide bonds. The van der Waals surface area contributed by atoms with Gasteiger partial charge < -0.3 is 9.64 Å². The second-order valence-corrected chi connectivity index (χ2v) is 9.99. The number of nitrogens with zero attached hydrogens (tertiary/aromatic N) is 2. The third kappa shape index (κ3) is 6.83. The molecule has 216 valence electrons. The molecule has 2 saturated heterocycles. The molecule has 2 aromatic rings. The zero-order chi connectivity index (χ0) is 29.2. The van der Waals surface area contributed by atoms with Crippen LogP contribution < -0.4 is 0 Å². The number of ether oxygens (including phenoxy) is 1. The maximum atomic E-state index is 13.4. The van der Waals surface area contributed by atoms with Crippen LogP contribution in [-0.2, 0) is 31.5 Å². The number of rotatable bonds is 7. The Labute approximate surface area is 226 Å². The van der Waals surface area contributed by atoms with Gasteiger partial charge in [-0.25, -0.2) is 0 Å². The summed E-state index contributed by atoms with van der Waals surface area (Å²) >= 11 is 0. The highest BCUT2D eigenvalue weighted by Gasteiger charge is 2.39. The zero-order valence-electron chi connectivity index (χ0n) is 21.6. The Morgan fingerprint density at radius 1 is 0.950 bits per heavy atom. The smallest absolute Gasteiger partial charge is 0.370 e. The van der Waals surface area contributed by atoms with E-state index in [1.807, 2.05) is 12.1 Å². The Bertz CT molecular complexity index is 1200. The highest BCUT2D eigenvalue weighted by Crippen LogP contribution is 2.39. The van der Waals surface area contributed by atoms with Crippen LogP contribution in [0.5, 0.6) is 0 Å². The molecule has 0 N–H and O–H groups in total. The van der Waals surface area contributed by atoms with Gasteiger partial charge in [0.15, 0.2) is 0 Å². The van der Waals surface area contributed by atoms with Crippen molar-refractivity contribution in [2.24, 2.45) is 0 Å². The average Bonchev–Trinajstić information content (AvgIpc) is 3.23. The Kier molecular flexibility index (Phi) is 8.57. The van der Waals surface area contributed by atoms with E-state index in [1.54, 1.807) is 23.1 Å². The van der Waals surface area contributed by atoms with Crippen molar-refractivity contribution < 1.29 is 45.5 Å². The van der Waals surface area contributed by atoms with Gasteiger partial charge in [-0.15, -0.1) is 0 Å². The first-order chi connectivity index (χ1) is 18.7. The van der Waals surface area contributed by atoms with Crippen molar-refractivity contribution in [3.63, 3.8) is 0 Å². The fourth-order valence-electron chi connectivity index (χ4n) is 5.13. The molecule has 2 aliphatic rings. The van der Waals surface area contributed by atoms with Gasteiger partial charge in [0, 0.05) is 44.8 Å². The van der Waals surface area contributed by atoms with Crippen molar-refractivity contribution in [3.8, 4) is 0 Å². The van der Waals surface area contributed by atoms with Gasteiger partial charge in [-0.2, -0.15) is 26.3 Å². The third-order valence-electron chi connectivity index (χ3n) is 7.29. The fourth-order valence-corrected chi connectivity index (χ4v) is 5.13. The molecule has 12 heteroatoms. The van der Waals surface area contributed by atoms with Crippen molar-refractivity contribution in [2.45, 2.75) is 63.1 Å². The summed E-state index contributed by atoms with van der Waals surface area (Å²) < 4.78 is 86.4. The van der Waals surface area contributed by atoms with Crippen LogP contribution in [0.2, 0.25) is 0 Å². The van der Waals surface area contributed by atoms with Crippen LogP contribution in [0.4, 0.5) is 26.3 Å². The number of alkyl halides is 6. The number of imide groups is 1. The average molecular weight is 571 g/mol. The van der Waals surface area contributed by atoms with E-state index >= 15 is 0 Å². The van der Waals surface area contributed by atoms with Crippen molar-refractivity contribution in [1.29, 1.82) is 0 Å². The summed E-state index contributed by atoms with van der Waals surface area (Å²) in [6.07, 6.45) is -11.2. The highest BCUT2D eigenvalue weighted by atomic mass is 19.4. The molecule has 2 fully saturated rings. The molecule has 0 radical (unpaired) electrons. The van der Waals surface area contributed by atoms with Crippen LogP contribution in [-0.4, -0.2) is 53.3 Å². The quantitative estimate of drug-likeness (QED) is 0.315. The van der Waals surface area contributed by atoms with Gasteiger partial charge in [-0.1, -0.05) is 30.3 Å². The molecule has 0 bridgehead atoms. The minimum Gasteiger partial charge on any atom is -0.370 e. The summed E-state index contributed by atoms with van der Waals surface area (Å²) in [5.74, 6) is -1.31. The fraction of sp³-hybridized carbons (Fsp3) is 0.464. The lowest BCUT2D eigenvalue weighted by atomic mass is 9.87. The lowest BCUT2D eigenvalue weighted by Crippen LogP contribution is -2.46. The number of hydrogen-bond acceptors (Lipinski definition) is 4. The summed E-state index contributed by atoms with van der Waals surface area (Å²) in [4.78, 5) is 39.4. The first-order valence-corrected chi connectivity index (χ1v) is 12.8. The van der Waals surface area contributed by atoms with E-state index in [-0.39, 0.29) is 74.7 Å². The van der Waals surface area contributed by atoms with Gasteiger partial charge in [0.25, 0.3) is 0 Å². The number of likely N-dealkylation sites (tertiary alicyclic amines) is 2. The molecule has 2 aromatic carbocycles. The van der Waals surface area contributed by atoms with Crippen molar-refractivity contribution >= 4 is 17.7 Å². The molecule has 40 heavy (non-hydrogen) atoms. The third-order valence-corrected chi connectivity index (χ3v) is 7.29. The number of halogens is 6. The summed E-state index contributed by atoms with van der Waals surface area (Å²) in [5.41, 5.74) is -2.29. The molecule has 0 spiro atoms. The number of carbonyl (C=O) groups is 3. The summed E-state index contributed by atoms with van der Waals surface area (Å²) in [5, 5.41) is 0. The molecule has 0 saturated carbocycles. The van der Waals surface area contributed by atoms with Crippen LogP contribution in [0.25, 0.3) is 0 Å². The molecule has 3 atom stereocenters. The summed E-state index contributed by atoms with van der Waals surface area (Å²) in [7, 11) is 0. The first kappa shape index (κ1) is 29.6. The number of amides is 3. The maximum Gasteiger partial charge on any atom is 0.416 e. The lowest BCUT2D eigenvalue weighted by molar-refractivity contribution is -0.144. The Hall–Kier alpha value is -3.41. The van der Waals surface area contributed by atoms with E-state index in [2.05, 4.69) is 0 Å². The van der Waals surface area contributed by atoms with Gasteiger partial charge in [-0.05, 0) is 42.7 Å². The molecule has 6 nitrogen and oxygen atoms in total. The van der Waals surface area contributed by atoms with Crippen molar-refractivity contribution in [3.05, 3.63) is 70.8 Å². The van der Waals surface area contributed by atoms with E-state index in [1.165, 1.54) is 6.92 Å².